The lowest BCUT2D eigenvalue weighted by atomic mass is 10.1. The molecule has 140 valence electrons. The molecule has 27 heavy (non-hydrogen) atoms. The first-order chi connectivity index (χ1) is 13.0. The highest BCUT2D eigenvalue weighted by Gasteiger charge is 2.16. The molecule has 0 saturated heterocycles. The van der Waals surface area contributed by atoms with Crippen molar-refractivity contribution >= 4 is 12.0 Å². The Balaban J connectivity index is 1.72. The van der Waals surface area contributed by atoms with E-state index in [1.807, 2.05) is 26.0 Å². The van der Waals surface area contributed by atoms with Crippen LogP contribution < -0.4 is 9.47 Å². The van der Waals surface area contributed by atoms with Gasteiger partial charge in [-0.3, -0.25) is 0 Å². The first-order valence-electron chi connectivity index (χ1n) is 8.87. The Kier molecular flexibility index (Phi) is 5.51. The normalized spacial score (nSPS) is 12.7. The van der Waals surface area contributed by atoms with Gasteiger partial charge < -0.3 is 18.8 Å². The van der Waals surface area contributed by atoms with Gasteiger partial charge in [-0.25, -0.2) is 4.79 Å². The zero-order chi connectivity index (χ0) is 19.4. The van der Waals surface area contributed by atoms with Crippen LogP contribution in [0.3, 0.4) is 0 Å². The van der Waals surface area contributed by atoms with Crippen molar-refractivity contribution in [3.8, 4) is 17.6 Å². The molecule has 1 aromatic heterocycles. The van der Waals surface area contributed by atoms with Crippen molar-refractivity contribution in [3.05, 3.63) is 52.4 Å². The van der Waals surface area contributed by atoms with E-state index in [4.69, 9.17) is 14.2 Å². The quantitative estimate of drug-likeness (QED) is 0.440. The maximum absolute atomic E-state index is 12.3. The summed E-state index contributed by atoms with van der Waals surface area (Å²) in [6, 6.07) is 9.27. The summed E-state index contributed by atoms with van der Waals surface area (Å²) in [6.45, 7) is 7.27. The number of nitrogens with zero attached hydrogens (tertiary/aromatic N) is 2. The minimum absolute atomic E-state index is 0.0208. The van der Waals surface area contributed by atoms with Crippen molar-refractivity contribution in [1.29, 1.82) is 5.26 Å². The van der Waals surface area contributed by atoms with Crippen LogP contribution in [0.2, 0.25) is 0 Å². The van der Waals surface area contributed by atoms with Gasteiger partial charge in [0.25, 0.3) is 0 Å². The van der Waals surface area contributed by atoms with Crippen molar-refractivity contribution in [1.82, 2.24) is 4.57 Å². The van der Waals surface area contributed by atoms with E-state index < -0.39 is 5.97 Å². The van der Waals surface area contributed by atoms with Gasteiger partial charge in [-0.05, 0) is 55.7 Å². The summed E-state index contributed by atoms with van der Waals surface area (Å²) in [7, 11) is 0. The minimum atomic E-state index is -0.643. The number of benzene rings is 1. The summed E-state index contributed by atoms with van der Waals surface area (Å²) in [5.74, 6) is 0.656. The number of nitriles is 1. The molecule has 6 nitrogen and oxygen atoms in total. The lowest BCUT2D eigenvalue weighted by Gasteiger charge is -2.07. The van der Waals surface area contributed by atoms with E-state index in [1.165, 1.54) is 0 Å². The number of rotatable bonds is 6. The molecule has 6 heteroatoms. The number of carbonyl (C=O) groups is 1. The largest absolute Gasteiger partial charge is 0.457 e. The third kappa shape index (κ3) is 3.98. The van der Waals surface area contributed by atoms with Crippen LogP contribution in [0.15, 0.2) is 29.8 Å². The predicted molar refractivity (Wildman–Crippen MR) is 100 cm³/mol. The molecule has 0 N–H and O–H groups in total. The highest BCUT2D eigenvalue weighted by Crippen LogP contribution is 2.32. The summed E-state index contributed by atoms with van der Waals surface area (Å²) < 4.78 is 18.1. The van der Waals surface area contributed by atoms with Gasteiger partial charge in [0.05, 0.1) is 0 Å². The van der Waals surface area contributed by atoms with Gasteiger partial charge in [0.1, 0.15) is 18.2 Å². The molecule has 2 heterocycles. The number of hydrogen-bond acceptors (Lipinski definition) is 5. The Labute approximate surface area is 158 Å². The molecule has 0 radical (unpaired) electrons. The molecule has 1 aromatic carbocycles. The van der Waals surface area contributed by atoms with Crippen molar-refractivity contribution in [2.24, 2.45) is 0 Å². The molecule has 0 spiro atoms. The van der Waals surface area contributed by atoms with Crippen LogP contribution in [0.1, 0.15) is 35.9 Å². The van der Waals surface area contributed by atoms with Crippen LogP contribution >= 0.6 is 0 Å². The molecule has 0 unspecified atom stereocenters. The second-order valence-electron chi connectivity index (χ2n) is 6.41. The van der Waals surface area contributed by atoms with E-state index in [2.05, 4.69) is 11.5 Å². The molecular weight excluding hydrogens is 344 g/mol. The number of esters is 1. The summed E-state index contributed by atoms with van der Waals surface area (Å²) in [6.07, 6.45) is 2.61. The van der Waals surface area contributed by atoms with Crippen molar-refractivity contribution in [3.63, 3.8) is 0 Å². The Morgan fingerprint density at radius 1 is 1.30 bits per heavy atom. The van der Waals surface area contributed by atoms with Crippen LogP contribution in [-0.2, 0) is 22.7 Å². The third-order valence-electron chi connectivity index (χ3n) is 4.51. The molecule has 0 amide bonds. The Morgan fingerprint density at radius 3 is 2.81 bits per heavy atom. The third-order valence-corrected chi connectivity index (χ3v) is 4.51. The van der Waals surface area contributed by atoms with Crippen molar-refractivity contribution < 1.29 is 19.0 Å². The first-order valence-corrected chi connectivity index (χ1v) is 8.87. The summed E-state index contributed by atoms with van der Waals surface area (Å²) in [5, 5.41) is 9.39. The number of carbonyl (C=O) groups excluding carboxylic acids is 1. The Bertz CT molecular complexity index is 934. The topological polar surface area (TPSA) is 73.5 Å². The van der Waals surface area contributed by atoms with Crippen LogP contribution in [0.5, 0.6) is 11.5 Å². The SMILES string of the molecule is CCCn1c(C)cc(/C=C(\C#N)C(=O)OCc2ccc3c(c2)OCO3)c1C. The fraction of sp³-hybridized carbons (Fsp3) is 0.333. The van der Waals surface area contributed by atoms with Gasteiger partial charge in [0, 0.05) is 17.9 Å². The first kappa shape index (κ1) is 18.6. The van der Waals surface area contributed by atoms with Crippen molar-refractivity contribution in [2.75, 3.05) is 6.79 Å². The smallest absolute Gasteiger partial charge is 0.349 e. The molecule has 0 aliphatic carbocycles. The standard InChI is InChI=1S/C21H22N2O4/c1-4-7-23-14(2)8-17(15(23)3)10-18(11-22)21(24)25-12-16-5-6-19-20(9-16)27-13-26-19/h5-6,8-10H,4,7,12-13H2,1-3H3/b18-10+. The predicted octanol–water partition coefficient (Wildman–Crippen LogP) is 3.89. The molecule has 3 rings (SSSR count). The zero-order valence-corrected chi connectivity index (χ0v) is 15.7. The average Bonchev–Trinajstić information content (AvgIpc) is 3.23. The average molecular weight is 366 g/mol. The molecule has 1 aliphatic heterocycles. The van der Waals surface area contributed by atoms with Gasteiger partial charge in [-0.15, -0.1) is 0 Å². The second-order valence-corrected chi connectivity index (χ2v) is 6.41. The number of fused-ring (bicyclic) bond motifs is 1. The molecule has 2 aromatic rings. The van der Waals surface area contributed by atoms with Crippen molar-refractivity contribution in [2.45, 2.75) is 40.3 Å². The number of aromatic nitrogens is 1. The van der Waals surface area contributed by atoms with Crippen LogP contribution in [-0.4, -0.2) is 17.3 Å². The van der Waals surface area contributed by atoms with Gasteiger partial charge >= 0.3 is 5.97 Å². The van der Waals surface area contributed by atoms with E-state index >= 15 is 0 Å². The molecule has 0 fully saturated rings. The van der Waals surface area contributed by atoms with E-state index in [-0.39, 0.29) is 19.0 Å². The van der Waals surface area contributed by atoms with Gasteiger partial charge in [0.15, 0.2) is 11.5 Å². The van der Waals surface area contributed by atoms with Gasteiger partial charge in [0.2, 0.25) is 6.79 Å². The van der Waals surface area contributed by atoms with E-state index in [1.54, 1.807) is 24.3 Å². The highest BCUT2D eigenvalue weighted by molar-refractivity contribution is 5.98. The van der Waals surface area contributed by atoms with Crippen LogP contribution in [0, 0.1) is 25.2 Å². The molecule has 0 bridgehead atoms. The summed E-state index contributed by atoms with van der Waals surface area (Å²) in [5.41, 5.74) is 3.74. The lowest BCUT2D eigenvalue weighted by molar-refractivity contribution is -0.139. The van der Waals surface area contributed by atoms with Gasteiger partial charge in [-0.1, -0.05) is 13.0 Å². The molecule has 0 saturated carbocycles. The van der Waals surface area contributed by atoms with E-state index in [0.717, 1.165) is 35.5 Å². The number of ether oxygens (including phenoxy) is 3. The van der Waals surface area contributed by atoms with Crippen LogP contribution in [0.4, 0.5) is 0 Å². The fourth-order valence-corrected chi connectivity index (χ4v) is 3.09. The van der Waals surface area contributed by atoms with Gasteiger partial charge in [-0.2, -0.15) is 5.26 Å². The van der Waals surface area contributed by atoms with Crippen LogP contribution in [0.25, 0.3) is 6.08 Å². The zero-order valence-electron chi connectivity index (χ0n) is 15.7. The molecule has 1 aliphatic rings. The molecule has 0 atom stereocenters. The monoisotopic (exact) mass is 366 g/mol. The number of hydrogen-bond donors (Lipinski definition) is 0. The summed E-state index contributed by atoms with van der Waals surface area (Å²) >= 11 is 0. The lowest BCUT2D eigenvalue weighted by Crippen LogP contribution is -2.07. The highest BCUT2D eigenvalue weighted by atomic mass is 16.7. The maximum atomic E-state index is 12.3. The fourth-order valence-electron chi connectivity index (χ4n) is 3.09. The minimum Gasteiger partial charge on any atom is -0.457 e. The maximum Gasteiger partial charge on any atom is 0.349 e. The second kappa shape index (κ2) is 8.00. The Morgan fingerprint density at radius 2 is 2.07 bits per heavy atom. The van der Waals surface area contributed by atoms with E-state index in [9.17, 15) is 10.1 Å². The van der Waals surface area contributed by atoms with E-state index in [0.29, 0.717) is 11.5 Å². The Hall–Kier alpha value is -3.20. The number of aryl methyl sites for hydroxylation is 1. The molecular formula is C21H22N2O4. The summed E-state index contributed by atoms with van der Waals surface area (Å²) in [4.78, 5) is 12.3.